The molecule has 0 saturated heterocycles. The highest BCUT2D eigenvalue weighted by Gasteiger charge is 2.25. The van der Waals surface area contributed by atoms with E-state index in [1.165, 1.54) is 12.1 Å². The summed E-state index contributed by atoms with van der Waals surface area (Å²) < 4.78 is 66.4. The van der Waals surface area contributed by atoms with Crippen LogP contribution < -0.4 is 10.0 Å². The zero-order valence-electron chi connectivity index (χ0n) is 13.3. The van der Waals surface area contributed by atoms with E-state index < -0.39 is 38.4 Å². The van der Waals surface area contributed by atoms with Crippen LogP contribution in [0.5, 0.6) is 0 Å². The largest absolute Gasteiger partial charge is 0.322 e. The van der Waals surface area contributed by atoms with Crippen molar-refractivity contribution in [1.82, 2.24) is 10.2 Å². The molecule has 0 fully saturated rings. The smallest absolute Gasteiger partial charge is 0.279 e. The molecule has 0 aliphatic heterocycles. The quantitative estimate of drug-likeness (QED) is 0.617. The van der Waals surface area contributed by atoms with Gasteiger partial charge in [0.05, 0.1) is 11.8 Å². The van der Waals surface area contributed by atoms with Crippen LogP contribution in [-0.4, -0.2) is 24.5 Å². The van der Waals surface area contributed by atoms with Gasteiger partial charge in [-0.15, -0.1) is 0 Å². The van der Waals surface area contributed by atoms with Crippen LogP contribution in [0, 0.1) is 17.5 Å². The summed E-state index contributed by atoms with van der Waals surface area (Å²) in [5.41, 5.74) is -0.521. The number of benzene rings is 2. The fraction of sp³-hybridized carbons (Fsp3) is 0. The van der Waals surface area contributed by atoms with Gasteiger partial charge in [0, 0.05) is 17.4 Å². The molecule has 1 amide bonds. The molecule has 11 heteroatoms. The number of rotatable bonds is 5. The molecule has 3 aromatic rings. The summed E-state index contributed by atoms with van der Waals surface area (Å²) in [6.45, 7) is 0. The first-order chi connectivity index (χ1) is 12.7. The van der Waals surface area contributed by atoms with Crippen LogP contribution in [0.4, 0.5) is 24.5 Å². The van der Waals surface area contributed by atoms with Gasteiger partial charge in [0.25, 0.3) is 15.9 Å². The molecule has 140 valence electrons. The van der Waals surface area contributed by atoms with Gasteiger partial charge in [-0.3, -0.25) is 14.6 Å². The summed E-state index contributed by atoms with van der Waals surface area (Å²) in [5.74, 6) is -3.33. The van der Waals surface area contributed by atoms with Crippen LogP contribution in [0.1, 0.15) is 10.4 Å². The zero-order chi connectivity index (χ0) is 19.6. The molecule has 2 aromatic carbocycles. The first-order valence-corrected chi connectivity index (χ1v) is 8.82. The Balaban J connectivity index is 1.85. The first-order valence-electron chi connectivity index (χ1n) is 7.34. The van der Waals surface area contributed by atoms with Crippen molar-refractivity contribution in [3.63, 3.8) is 0 Å². The summed E-state index contributed by atoms with van der Waals surface area (Å²) >= 11 is 0. The Morgan fingerprint density at radius 2 is 1.56 bits per heavy atom. The molecule has 0 saturated carbocycles. The van der Waals surface area contributed by atoms with Crippen LogP contribution in [-0.2, 0) is 10.0 Å². The van der Waals surface area contributed by atoms with E-state index >= 15 is 0 Å². The number of hydrogen-bond acceptors (Lipinski definition) is 4. The maximum atomic E-state index is 13.2. The molecule has 7 nitrogen and oxygen atoms in total. The Morgan fingerprint density at radius 1 is 0.926 bits per heavy atom. The average Bonchev–Trinajstić information content (AvgIpc) is 3.06. The van der Waals surface area contributed by atoms with E-state index in [0.717, 1.165) is 30.5 Å². The van der Waals surface area contributed by atoms with Crippen molar-refractivity contribution in [1.29, 1.82) is 0 Å². The third-order valence-electron chi connectivity index (χ3n) is 3.33. The molecule has 0 radical (unpaired) electrons. The number of aromatic amines is 1. The molecule has 3 rings (SSSR count). The number of amides is 1. The van der Waals surface area contributed by atoms with Crippen molar-refractivity contribution in [2.75, 3.05) is 10.0 Å². The monoisotopic (exact) mass is 396 g/mol. The molecule has 0 aliphatic carbocycles. The number of anilines is 2. The Bertz CT molecular complexity index is 1080. The van der Waals surface area contributed by atoms with E-state index in [1.54, 1.807) is 0 Å². The molecule has 27 heavy (non-hydrogen) atoms. The van der Waals surface area contributed by atoms with Gasteiger partial charge >= 0.3 is 0 Å². The molecular weight excluding hydrogens is 385 g/mol. The maximum Gasteiger partial charge on any atom is 0.279 e. The van der Waals surface area contributed by atoms with E-state index in [2.05, 4.69) is 20.2 Å². The van der Waals surface area contributed by atoms with Gasteiger partial charge in [-0.25, -0.2) is 13.2 Å². The van der Waals surface area contributed by atoms with E-state index in [-0.39, 0.29) is 16.9 Å². The summed E-state index contributed by atoms with van der Waals surface area (Å²) in [6, 6.07) is 6.85. The molecule has 0 atom stereocenters. The predicted octanol–water partition coefficient (Wildman–Crippen LogP) is 2.88. The number of H-pyrrole nitrogens is 1. The third-order valence-corrected chi connectivity index (χ3v) is 4.69. The number of sulfonamides is 1. The van der Waals surface area contributed by atoms with E-state index in [4.69, 9.17) is 0 Å². The summed E-state index contributed by atoms with van der Waals surface area (Å²) in [7, 11) is -4.27. The fourth-order valence-corrected chi connectivity index (χ4v) is 3.35. The van der Waals surface area contributed by atoms with Gasteiger partial charge in [0.1, 0.15) is 17.5 Å². The van der Waals surface area contributed by atoms with Gasteiger partial charge in [-0.1, -0.05) is 0 Å². The molecular formula is C16H11F3N4O3S. The standard InChI is InChI=1S/C16H11F3N4O3S/c17-9-1-3-12(4-2-9)23-27(25,26)16-14(8-20-22-16)15(24)21-13-6-10(18)5-11(19)7-13/h1-8,23H,(H,20,22)(H,21,24). The number of nitrogens with zero attached hydrogens (tertiary/aromatic N) is 1. The van der Waals surface area contributed by atoms with Crippen molar-refractivity contribution in [3.05, 3.63) is 71.7 Å². The minimum absolute atomic E-state index is 0.0598. The lowest BCUT2D eigenvalue weighted by Crippen LogP contribution is -2.20. The van der Waals surface area contributed by atoms with Gasteiger partial charge in [0.15, 0.2) is 5.03 Å². The molecule has 0 spiro atoms. The predicted molar refractivity (Wildman–Crippen MR) is 90.1 cm³/mol. The van der Waals surface area contributed by atoms with Crippen LogP contribution in [0.25, 0.3) is 0 Å². The second-order valence-corrected chi connectivity index (χ2v) is 6.96. The van der Waals surface area contributed by atoms with E-state index in [9.17, 15) is 26.4 Å². The summed E-state index contributed by atoms with van der Waals surface area (Å²) in [4.78, 5) is 12.3. The zero-order valence-corrected chi connectivity index (χ0v) is 14.1. The second kappa shape index (κ2) is 7.11. The number of nitrogens with one attached hydrogen (secondary N) is 3. The first kappa shape index (κ1) is 18.5. The van der Waals surface area contributed by atoms with Crippen molar-refractivity contribution >= 4 is 27.3 Å². The molecule has 0 bridgehead atoms. The molecule has 3 N–H and O–H groups in total. The lowest BCUT2D eigenvalue weighted by Gasteiger charge is -2.09. The van der Waals surface area contributed by atoms with Gasteiger partial charge < -0.3 is 5.32 Å². The molecule has 1 aromatic heterocycles. The van der Waals surface area contributed by atoms with Crippen LogP contribution in [0.15, 0.2) is 53.7 Å². The van der Waals surface area contributed by atoms with Gasteiger partial charge in [-0.05, 0) is 36.4 Å². The highest BCUT2D eigenvalue weighted by atomic mass is 32.2. The van der Waals surface area contributed by atoms with Crippen LogP contribution in [0.2, 0.25) is 0 Å². The maximum absolute atomic E-state index is 13.2. The van der Waals surface area contributed by atoms with Crippen LogP contribution >= 0.6 is 0 Å². The number of halogens is 3. The topological polar surface area (TPSA) is 104 Å². The summed E-state index contributed by atoms with van der Waals surface area (Å²) in [6.07, 6.45) is 0.949. The Hall–Kier alpha value is -3.34. The van der Waals surface area contributed by atoms with Crippen LogP contribution in [0.3, 0.4) is 0 Å². The van der Waals surface area contributed by atoms with Crippen molar-refractivity contribution in [2.45, 2.75) is 5.03 Å². The van der Waals surface area contributed by atoms with Crippen molar-refractivity contribution in [3.8, 4) is 0 Å². The highest BCUT2D eigenvalue weighted by molar-refractivity contribution is 7.92. The average molecular weight is 396 g/mol. The highest BCUT2D eigenvalue weighted by Crippen LogP contribution is 2.20. The number of carbonyl (C=O) groups excluding carboxylic acids is 1. The lowest BCUT2D eigenvalue weighted by atomic mass is 10.2. The fourth-order valence-electron chi connectivity index (χ4n) is 2.19. The Kier molecular flexibility index (Phi) is 4.86. The summed E-state index contributed by atoms with van der Waals surface area (Å²) in [5, 5.41) is 7.33. The third kappa shape index (κ3) is 4.26. The van der Waals surface area contributed by atoms with Gasteiger partial charge in [0.2, 0.25) is 0 Å². The molecule has 0 unspecified atom stereocenters. The SMILES string of the molecule is O=C(Nc1cc(F)cc(F)c1)c1cn[nH]c1S(=O)(=O)Nc1ccc(F)cc1. The molecule has 1 heterocycles. The van der Waals surface area contributed by atoms with Crippen molar-refractivity contribution in [2.24, 2.45) is 0 Å². The van der Waals surface area contributed by atoms with Gasteiger partial charge in [-0.2, -0.15) is 13.5 Å². The van der Waals surface area contributed by atoms with Crippen molar-refractivity contribution < 1.29 is 26.4 Å². The van der Waals surface area contributed by atoms with E-state index in [1.807, 2.05) is 0 Å². The lowest BCUT2D eigenvalue weighted by molar-refractivity contribution is 0.102. The van der Waals surface area contributed by atoms with E-state index in [0.29, 0.717) is 6.07 Å². The number of aromatic nitrogens is 2. The molecule has 0 aliphatic rings. The Labute approximate surface area is 151 Å². The minimum atomic E-state index is -4.27. The Morgan fingerprint density at radius 3 is 2.19 bits per heavy atom. The number of hydrogen-bond donors (Lipinski definition) is 3. The number of carbonyl (C=O) groups is 1. The minimum Gasteiger partial charge on any atom is -0.322 e. The normalized spacial score (nSPS) is 11.2. The second-order valence-electron chi connectivity index (χ2n) is 5.34.